The van der Waals surface area contributed by atoms with Gasteiger partial charge in [-0.2, -0.15) is 0 Å². The lowest BCUT2D eigenvalue weighted by molar-refractivity contribution is -0.897. The van der Waals surface area contributed by atoms with Crippen molar-refractivity contribution in [3.63, 3.8) is 0 Å². The van der Waals surface area contributed by atoms with Gasteiger partial charge in [0.25, 0.3) is 5.91 Å². The number of likely N-dealkylation sites (N-methyl/N-ethyl adjacent to an activating group) is 1. The summed E-state index contributed by atoms with van der Waals surface area (Å²) in [5, 5.41) is 3.49. The molecule has 28 heavy (non-hydrogen) atoms. The molecule has 0 radical (unpaired) electrons. The summed E-state index contributed by atoms with van der Waals surface area (Å²) in [6.45, 7) is 0.322. The Labute approximate surface area is 169 Å². The van der Waals surface area contributed by atoms with Crippen LogP contribution in [0.25, 0.3) is 11.1 Å². The predicted octanol–water partition coefficient (Wildman–Crippen LogP) is 3.57. The molecular weight excluding hydrogens is 372 g/mol. The van der Waals surface area contributed by atoms with Gasteiger partial charge in [0, 0.05) is 16.1 Å². The zero-order valence-corrected chi connectivity index (χ0v) is 16.6. The maximum Gasteiger partial charge on any atom is 0.279 e. The number of carbonyl (C=O) groups excluding carboxylic acids is 1. The van der Waals surface area contributed by atoms with Gasteiger partial charge in [0.2, 0.25) is 0 Å². The van der Waals surface area contributed by atoms with Crippen molar-refractivity contribution in [2.45, 2.75) is 6.04 Å². The summed E-state index contributed by atoms with van der Waals surface area (Å²) in [5.41, 5.74) is 5.60. The van der Waals surface area contributed by atoms with Crippen LogP contribution >= 0.6 is 11.6 Å². The maximum atomic E-state index is 12.8. The Bertz CT molecular complexity index is 989. The van der Waals surface area contributed by atoms with Gasteiger partial charge in [0.15, 0.2) is 6.54 Å². The molecule has 1 aliphatic carbocycles. The highest BCUT2D eigenvalue weighted by molar-refractivity contribution is 6.31. The van der Waals surface area contributed by atoms with Crippen LogP contribution < -0.4 is 15.0 Å². The first kappa shape index (κ1) is 18.5. The average Bonchev–Trinajstić information content (AvgIpc) is 3.02. The van der Waals surface area contributed by atoms with E-state index >= 15 is 0 Å². The fourth-order valence-corrected chi connectivity index (χ4v) is 4.19. The van der Waals surface area contributed by atoms with E-state index in [2.05, 4.69) is 60.9 Å². The van der Waals surface area contributed by atoms with Gasteiger partial charge >= 0.3 is 0 Å². The van der Waals surface area contributed by atoms with Crippen LogP contribution in [0.15, 0.2) is 66.7 Å². The van der Waals surface area contributed by atoms with E-state index in [0.717, 1.165) is 4.90 Å². The van der Waals surface area contributed by atoms with Gasteiger partial charge < -0.3 is 15.0 Å². The normalized spacial score (nSPS) is 13.5. The number of fused-ring (bicyclic) bond motifs is 3. The van der Waals surface area contributed by atoms with E-state index in [1.165, 1.54) is 22.3 Å². The third-order valence-corrected chi connectivity index (χ3v) is 5.44. The van der Waals surface area contributed by atoms with Crippen molar-refractivity contribution in [2.75, 3.05) is 26.0 Å². The van der Waals surface area contributed by atoms with E-state index in [4.69, 9.17) is 16.3 Å². The van der Waals surface area contributed by atoms with Crippen molar-refractivity contribution in [1.29, 1.82) is 0 Å². The molecule has 2 N–H and O–H groups in total. The fourth-order valence-electron chi connectivity index (χ4n) is 4.01. The molecule has 1 unspecified atom stereocenters. The summed E-state index contributed by atoms with van der Waals surface area (Å²) >= 11 is 6.07. The number of anilines is 1. The summed E-state index contributed by atoms with van der Waals surface area (Å²) in [5.74, 6) is 0.506. The Kier molecular flexibility index (Phi) is 5.07. The van der Waals surface area contributed by atoms with Gasteiger partial charge in [-0.05, 0) is 29.3 Å². The van der Waals surface area contributed by atoms with Gasteiger partial charge in [-0.25, -0.2) is 0 Å². The van der Waals surface area contributed by atoms with Crippen LogP contribution in [-0.2, 0) is 4.79 Å². The van der Waals surface area contributed by atoms with Crippen molar-refractivity contribution in [1.82, 2.24) is 0 Å². The Morgan fingerprint density at radius 2 is 1.64 bits per heavy atom. The first-order valence-corrected chi connectivity index (χ1v) is 9.60. The van der Waals surface area contributed by atoms with Gasteiger partial charge in [0.1, 0.15) is 11.8 Å². The smallest absolute Gasteiger partial charge is 0.279 e. The molecule has 3 aromatic rings. The molecule has 0 heterocycles. The van der Waals surface area contributed by atoms with E-state index < -0.39 is 0 Å². The van der Waals surface area contributed by atoms with Crippen LogP contribution in [0, 0.1) is 0 Å². The molecule has 0 saturated heterocycles. The summed E-state index contributed by atoms with van der Waals surface area (Å²) in [6.07, 6.45) is 0. The van der Waals surface area contributed by atoms with Crippen LogP contribution in [0.4, 0.5) is 5.69 Å². The summed E-state index contributed by atoms with van der Waals surface area (Å²) in [7, 11) is 3.63. The molecular formula is C23H22ClN2O2+. The highest BCUT2D eigenvalue weighted by Crippen LogP contribution is 2.41. The molecule has 0 spiro atoms. The molecule has 142 valence electrons. The van der Waals surface area contributed by atoms with Crippen LogP contribution in [-0.4, -0.2) is 26.6 Å². The highest BCUT2D eigenvalue weighted by Gasteiger charge is 2.34. The van der Waals surface area contributed by atoms with Crippen LogP contribution in [0.3, 0.4) is 0 Å². The standard InChI is InChI=1S/C23H21ClN2O2/c1-26(14-22(27)25-20-13-15(24)11-12-21(20)28-2)23-18-9-5-3-7-16(18)17-8-4-6-10-19(17)23/h3-13,23H,14H2,1-2H3,(H,25,27)/p+1. The number of amides is 1. The Hall–Kier alpha value is -2.82. The second-order valence-electron chi connectivity index (χ2n) is 7.02. The van der Waals surface area contributed by atoms with Crippen molar-refractivity contribution in [2.24, 2.45) is 0 Å². The van der Waals surface area contributed by atoms with Crippen molar-refractivity contribution in [3.8, 4) is 16.9 Å². The van der Waals surface area contributed by atoms with E-state index in [1.807, 2.05) is 0 Å². The molecule has 1 aliphatic rings. The molecule has 0 saturated carbocycles. The molecule has 4 nitrogen and oxygen atoms in total. The number of methoxy groups -OCH3 is 1. The molecule has 5 heteroatoms. The molecule has 4 rings (SSSR count). The van der Waals surface area contributed by atoms with Gasteiger partial charge in [-0.1, -0.05) is 60.1 Å². The number of halogens is 1. The molecule has 3 aromatic carbocycles. The van der Waals surface area contributed by atoms with E-state index in [9.17, 15) is 4.79 Å². The highest BCUT2D eigenvalue weighted by atomic mass is 35.5. The average molecular weight is 394 g/mol. The van der Waals surface area contributed by atoms with Gasteiger partial charge in [0.05, 0.1) is 19.8 Å². The Balaban J connectivity index is 1.57. The zero-order valence-electron chi connectivity index (χ0n) is 15.8. The number of ether oxygens (including phenoxy) is 1. The minimum Gasteiger partial charge on any atom is -0.495 e. The van der Waals surface area contributed by atoms with Crippen LogP contribution in [0.5, 0.6) is 5.75 Å². The van der Waals surface area contributed by atoms with E-state index in [-0.39, 0.29) is 11.9 Å². The lowest BCUT2D eigenvalue weighted by atomic mass is 10.0. The number of nitrogens with one attached hydrogen (secondary N) is 2. The maximum absolute atomic E-state index is 12.8. The number of quaternary nitrogens is 1. The monoisotopic (exact) mass is 393 g/mol. The summed E-state index contributed by atoms with van der Waals surface area (Å²) in [6, 6.07) is 22.2. The SMILES string of the molecule is COc1ccc(Cl)cc1NC(=O)C[NH+](C)C1c2ccccc2-c2ccccc21. The first-order chi connectivity index (χ1) is 13.6. The van der Waals surface area contributed by atoms with E-state index in [1.54, 1.807) is 25.3 Å². The number of benzene rings is 3. The number of rotatable bonds is 5. The molecule has 0 bridgehead atoms. The number of carbonyl (C=O) groups is 1. The number of hydrogen-bond acceptors (Lipinski definition) is 2. The number of hydrogen-bond donors (Lipinski definition) is 2. The van der Waals surface area contributed by atoms with Crippen LogP contribution in [0.2, 0.25) is 5.02 Å². The largest absolute Gasteiger partial charge is 0.495 e. The fraction of sp³-hybridized carbons (Fsp3) is 0.174. The van der Waals surface area contributed by atoms with Crippen molar-refractivity contribution >= 4 is 23.2 Å². The molecule has 0 aliphatic heterocycles. The van der Waals surface area contributed by atoms with Crippen molar-refractivity contribution in [3.05, 3.63) is 82.9 Å². The Morgan fingerprint density at radius 1 is 1.04 bits per heavy atom. The summed E-state index contributed by atoms with van der Waals surface area (Å²) < 4.78 is 5.32. The topological polar surface area (TPSA) is 42.8 Å². The van der Waals surface area contributed by atoms with Gasteiger partial charge in [-0.3, -0.25) is 4.79 Å². The first-order valence-electron chi connectivity index (χ1n) is 9.22. The molecule has 0 fully saturated rings. The second-order valence-corrected chi connectivity index (χ2v) is 7.46. The third kappa shape index (κ3) is 3.37. The molecule has 1 amide bonds. The minimum atomic E-state index is -0.0834. The second kappa shape index (κ2) is 7.66. The van der Waals surface area contributed by atoms with Crippen molar-refractivity contribution < 1.29 is 14.4 Å². The third-order valence-electron chi connectivity index (χ3n) is 5.20. The zero-order chi connectivity index (χ0) is 19.7. The quantitative estimate of drug-likeness (QED) is 0.696. The van der Waals surface area contributed by atoms with Crippen LogP contribution in [0.1, 0.15) is 17.2 Å². The van der Waals surface area contributed by atoms with E-state index in [0.29, 0.717) is 23.0 Å². The lowest BCUT2D eigenvalue weighted by Crippen LogP contribution is -3.10. The lowest BCUT2D eigenvalue weighted by Gasteiger charge is -2.23. The summed E-state index contributed by atoms with van der Waals surface area (Å²) in [4.78, 5) is 13.9. The van der Waals surface area contributed by atoms with Gasteiger partial charge in [-0.15, -0.1) is 0 Å². The Morgan fingerprint density at radius 3 is 2.25 bits per heavy atom. The predicted molar refractivity (Wildman–Crippen MR) is 112 cm³/mol. The minimum absolute atomic E-state index is 0.0834. The molecule has 0 aromatic heterocycles. The molecule has 1 atom stereocenters.